The van der Waals surface area contributed by atoms with Crippen molar-refractivity contribution in [1.82, 2.24) is 9.88 Å². The number of aromatic nitrogens is 1. The Morgan fingerprint density at radius 1 is 1.62 bits per heavy atom. The van der Waals surface area contributed by atoms with Gasteiger partial charge in [0.15, 0.2) is 6.10 Å². The van der Waals surface area contributed by atoms with Crippen molar-refractivity contribution >= 4 is 15.9 Å². The zero-order chi connectivity index (χ0) is 11.4. The van der Waals surface area contributed by atoms with Gasteiger partial charge in [-0.25, -0.2) is 0 Å². The molecule has 1 aliphatic heterocycles. The Morgan fingerprint density at radius 2 is 2.50 bits per heavy atom. The van der Waals surface area contributed by atoms with E-state index in [1.165, 1.54) is 0 Å². The quantitative estimate of drug-likeness (QED) is 0.826. The highest BCUT2D eigenvalue weighted by Gasteiger charge is 2.19. The number of halogens is 1. The summed E-state index contributed by atoms with van der Waals surface area (Å²) in [5.41, 5.74) is 1.15. The van der Waals surface area contributed by atoms with E-state index in [9.17, 15) is 0 Å². The van der Waals surface area contributed by atoms with Crippen molar-refractivity contribution in [1.29, 1.82) is 5.26 Å². The molecule has 0 spiro atoms. The number of ether oxygens (including phenoxy) is 1. The molecule has 0 amide bonds. The summed E-state index contributed by atoms with van der Waals surface area (Å²) >= 11 is 3.39. The first-order chi connectivity index (χ1) is 7.78. The van der Waals surface area contributed by atoms with E-state index in [2.05, 4.69) is 31.9 Å². The fourth-order valence-corrected chi connectivity index (χ4v) is 2.14. The number of nitrogens with zero attached hydrogens (tertiary/aromatic N) is 3. The summed E-state index contributed by atoms with van der Waals surface area (Å²) in [5, 5.41) is 8.80. The molecule has 5 heteroatoms. The van der Waals surface area contributed by atoms with Gasteiger partial charge in [-0.1, -0.05) is 0 Å². The first-order valence-corrected chi connectivity index (χ1v) is 5.90. The van der Waals surface area contributed by atoms with Gasteiger partial charge in [-0.15, -0.1) is 0 Å². The Balaban J connectivity index is 1.97. The minimum Gasteiger partial charge on any atom is -0.361 e. The lowest BCUT2D eigenvalue weighted by molar-refractivity contribution is -0.00273. The monoisotopic (exact) mass is 281 g/mol. The highest BCUT2D eigenvalue weighted by atomic mass is 79.9. The molecule has 84 valence electrons. The Bertz CT molecular complexity index is 404. The third kappa shape index (κ3) is 3.01. The minimum absolute atomic E-state index is 0.297. The Hall–Kier alpha value is -0.960. The van der Waals surface area contributed by atoms with Crippen LogP contribution in [0.1, 0.15) is 5.56 Å². The van der Waals surface area contributed by atoms with Crippen molar-refractivity contribution in [2.75, 3.05) is 19.7 Å². The van der Waals surface area contributed by atoms with Crippen molar-refractivity contribution in [3.8, 4) is 6.07 Å². The normalized spacial score (nSPS) is 21.6. The van der Waals surface area contributed by atoms with Crippen LogP contribution < -0.4 is 0 Å². The van der Waals surface area contributed by atoms with E-state index >= 15 is 0 Å². The van der Waals surface area contributed by atoms with E-state index in [1.807, 2.05) is 12.3 Å². The fourth-order valence-electron chi connectivity index (χ4n) is 1.72. The van der Waals surface area contributed by atoms with Crippen molar-refractivity contribution in [3.05, 3.63) is 28.5 Å². The van der Waals surface area contributed by atoms with Crippen LogP contribution in [-0.4, -0.2) is 35.7 Å². The van der Waals surface area contributed by atoms with E-state index in [0.717, 1.165) is 23.1 Å². The zero-order valence-electron chi connectivity index (χ0n) is 8.77. The van der Waals surface area contributed by atoms with Crippen molar-refractivity contribution in [2.45, 2.75) is 12.6 Å². The van der Waals surface area contributed by atoms with E-state index in [1.54, 1.807) is 6.20 Å². The lowest BCUT2D eigenvalue weighted by Gasteiger charge is -2.29. The van der Waals surface area contributed by atoms with Crippen molar-refractivity contribution in [3.63, 3.8) is 0 Å². The molecule has 16 heavy (non-hydrogen) atoms. The van der Waals surface area contributed by atoms with Crippen LogP contribution in [-0.2, 0) is 11.3 Å². The average Bonchev–Trinajstić information content (AvgIpc) is 2.29. The molecule has 1 aromatic rings. The molecule has 1 aliphatic rings. The van der Waals surface area contributed by atoms with Gasteiger partial charge in [0.25, 0.3) is 0 Å². The van der Waals surface area contributed by atoms with Crippen LogP contribution in [0.3, 0.4) is 0 Å². The Morgan fingerprint density at radius 3 is 3.25 bits per heavy atom. The Labute approximate surface area is 103 Å². The average molecular weight is 282 g/mol. The van der Waals surface area contributed by atoms with Gasteiger partial charge in [0.2, 0.25) is 0 Å². The molecule has 1 unspecified atom stereocenters. The number of pyridine rings is 1. The topological polar surface area (TPSA) is 49.2 Å². The van der Waals surface area contributed by atoms with Crippen LogP contribution in [0.2, 0.25) is 0 Å². The zero-order valence-corrected chi connectivity index (χ0v) is 10.4. The predicted molar refractivity (Wildman–Crippen MR) is 62.6 cm³/mol. The van der Waals surface area contributed by atoms with E-state index in [-0.39, 0.29) is 6.10 Å². The second kappa shape index (κ2) is 5.39. The molecule has 0 bridgehead atoms. The summed E-state index contributed by atoms with van der Waals surface area (Å²) in [6.07, 6.45) is 3.32. The summed E-state index contributed by atoms with van der Waals surface area (Å²) in [4.78, 5) is 6.33. The van der Waals surface area contributed by atoms with E-state index in [0.29, 0.717) is 13.2 Å². The maximum atomic E-state index is 8.80. The van der Waals surface area contributed by atoms with Gasteiger partial charge in [-0.3, -0.25) is 9.88 Å². The number of hydrogen-bond acceptors (Lipinski definition) is 4. The standard InChI is InChI=1S/C11H12BrN3O/c12-10-3-9(5-14-6-10)7-15-1-2-16-11(4-13)8-15/h3,5-6,11H,1-2,7-8H2. The summed E-state index contributed by atoms with van der Waals surface area (Å²) in [6, 6.07) is 4.19. The first kappa shape index (κ1) is 11.5. The minimum atomic E-state index is -0.297. The van der Waals surface area contributed by atoms with Crippen LogP contribution >= 0.6 is 15.9 Å². The lowest BCUT2D eigenvalue weighted by atomic mass is 10.2. The van der Waals surface area contributed by atoms with Gasteiger partial charge in [-0.2, -0.15) is 5.26 Å². The summed E-state index contributed by atoms with van der Waals surface area (Å²) in [7, 11) is 0. The molecule has 0 saturated carbocycles. The fraction of sp³-hybridized carbons (Fsp3) is 0.455. The molecule has 1 atom stereocenters. The van der Waals surface area contributed by atoms with Crippen LogP contribution in [0.5, 0.6) is 0 Å². The molecule has 2 rings (SSSR count). The van der Waals surface area contributed by atoms with Gasteiger partial charge in [0.05, 0.1) is 12.7 Å². The second-order valence-electron chi connectivity index (χ2n) is 3.74. The van der Waals surface area contributed by atoms with E-state index in [4.69, 9.17) is 10.00 Å². The number of morpholine rings is 1. The van der Waals surface area contributed by atoms with Gasteiger partial charge >= 0.3 is 0 Å². The summed E-state index contributed by atoms with van der Waals surface area (Å²) in [6.45, 7) is 2.97. The largest absolute Gasteiger partial charge is 0.361 e. The third-order valence-corrected chi connectivity index (χ3v) is 2.90. The molecular weight excluding hydrogens is 270 g/mol. The van der Waals surface area contributed by atoms with Crippen LogP contribution in [0.4, 0.5) is 0 Å². The SMILES string of the molecule is N#CC1CN(Cc2cncc(Br)c2)CCO1. The maximum Gasteiger partial charge on any atom is 0.156 e. The highest BCUT2D eigenvalue weighted by Crippen LogP contribution is 2.13. The molecule has 0 N–H and O–H groups in total. The van der Waals surface area contributed by atoms with Gasteiger partial charge in [0.1, 0.15) is 0 Å². The second-order valence-corrected chi connectivity index (χ2v) is 4.65. The van der Waals surface area contributed by atoms with E-state index < -0.39 is 0 Å². The number of rotatable bonds is 2. The maximum absolute atomic E-state index is 8.80. The van der Waals surface area contributed by atoms with Crippen LogP contribution in [0.25, 0.3) is 0 Å². The van der Waals surface area contributed by atoms with Gasteiger partial charge in [-0.05, 0) is 27.6 Å². The molecule has 1 aromatic heterocycles. The highest BCUT2D eigenvalue weighted by molar-refractivity contribution is 9.10. The molecule has 0 aromatic carbocycles. The lowest BCUT2D eigenvalue weighted by Crippen LogP contribution is -2.41. The van der Waals surface area contributed by atoms with Gasteiger partial charge in [0, 0.05) is 36.5 Å². The molecule has 4 nitrogen and oxygen atoms in total. The summed E-state index contributed by atoms with van der Waals surface area (Å²) in [5.74, 6) is 0. The van der Waals surface area contributed by atoms with Crippen molar-refractivity contribution < 1.29 is 4.74 Å². The molecular formula is C11H12BrN3O. The number of hydrogen-bond donors (Lipinski definition) is 0. The smallest absolute Gasteiger partial charge is 0.156 e. The molecule has 2 heterocycles. The third-order valence-electron chi connectivity index (χ3n) is 2.46. The van der Waals surface area contributed by atoms with Crippen molar-refractivity contribution in [2.24, 2.45) is 0 Å². The van der Waals surface area contributed by atoms with Crippen LogP contribution in [0.15, 0.2) is 22.9 Å². The van der Waals surface area contributed by atoms with Crippen LogP contribution in [0, 0.1) is 11.3 Å². The summed E-state index contributed by atoms with van der Waals surface area (Å²) < 4.78 is 6.27. The molecule has 1 saturated heterocycles. The molecule has 0 radical (unpaired) electrons. The first-order valence-electron chi connectivity index (χ1n) is 5.11. The predicted octanol–water partition coefficient (Wildman–Crippen LogP) is 1.57. The van der Waals surface area contributed by atoms with Gasteiger partial charge < -0.3 is 4.74 Å². The molecule has 1 fully saturated rings. The Kier molecular flexibility index (Phi) is 3.88. The number of nitriles is 1. The molecule has 0 aliphatic carbocycles.